The highest BCUT2D eigenvalue weighted by atomic mass is 16.5. The zero-order chi connectivity index (χ0) is 15.9. The monoisotopic (exact) mass is 295 g/mol. The van der Waals surface area contributed by atoms with Crippen molar-refractivity contribution in [1.82, 2.24) is 14.9 Å². The van der Waals surface area contributed by atoms with Gasteiger partial charge in [0.2, 0.25) is 0 Å². The number of carbonyl (C=O) groups excluding carboxylic acids is 1. The standard InChI is InChI=1S/C16H29N3O2/c1-6-10-18-16(5,15(20)21-7-2)9-8-11-19-12-17-13(3)14(19)4/h12,18H,6-11H2,1-5H3. The molecule has 0 saturated heterocycles. The Morgan fingerprint density at radius 3 is 2.67 bits per heavy atom. The molecular formula is C16H29N3O2. The molecule has 0 spiro atoms. The number of hydrogen-bond donors (Lipinski definition) is 1. The molecule has 5 heteroatoms. The first-order chi connectivity index (χ1) is 9.94. The first kappa shape index (κ1) is 17.7. The van der Waals surface area contributed by atoms with E-state index in [2.05, 4.69) is 28.7 Å². The van der Waals surface area contributed by atoms with Crippen molar-refractivity contribution < 1.29 is 9.53 Å². The maximum atomic E-state index is 12.2. The molecule has 1 atom stereocenters. The van der Waals surface area contributed by atoms with Crippen LogP contribution in [0.15, 0.2) is 6.33 Å². The highest BCUT2D eigenvalue weighted by Crippen LogP contribution is 2.17. The molecule has 1 aromatic rings. The van der Waals surface area contributed by atoms with Crippen molar-refractivity contribution in [1.29, 1.82) is 0 Å². The lowest BCUT2D eigenvalue weighted by Crippen LogP contribution is -2.50. The van der Waals surface area contributed by atoms with Gasteiger partial charge in [0.05, 0.1) is 18.6 Å². The average molecular weight is 295 g/mol. The highest BCUT2D eigenvalue weighted by molar-refractivity contribution is 5.80. The number of aryl methyl sites for hydroxylation is 2. The van der Waals surface area contributed by atoms with Crippen LogP contribution in [-0.2, 0) is 16.1 Å². The first-order valence-corrected chi connectivity index (χ1v) is 7.85. The number of esters is 1. The van der Waals surface area contributed by atoms with E-state index < -0.39 is 5.54 Å². The van der Waals surface area contributed by atoms with Crippen molar-refractivity contribution >= 4 is 5.97 Å². The van der Waals surface area contributed by atoms with Crippen LogP contribution in [0.4, 0.5) is 0 Å². The molecule has 21 heavy (non-hydrogen) atoms. The predicted octanol–water partition coefficient (Wildman–Crippen LogP) is 2.60. The summed E-state index contributed by atoms with van der Waals surface area (Å²) in [5, 5.41) is 3.34. The molecule has 120 valence electrons. The smallest absolute Gasteiger partial charge is 0.326 e. The van der Waals surface area contributed by atoms with E-state index in [-0.39, 0.29) is 5.97 Å². The van der Waals surface area contributed by atoms with Crippen LogP contribution in [0.2, 0.25) is 0 Å². The summed E-state index contributed by atoms with van der Waals surface area (Å²) in [6.07, 6.45) is 4.52. The fourth-order valence-electron chi connectivity index (χ4n) is 2.33. The topological polar surface area (TPSA) is 56.2 Å². The molecular weight excluding hydrogens is 266 g/mol. The van der Waals surface area contributed by atoms with Crippen LogP contribution in [0, 0.1) is 13.8 Å². The van der Waals surface area contributed by atoms with Gasteiger partial charge < -0.3 is 14.6 Å². The molecule has 0 saturated carbocycles. The summed E-state index contributed by atoms with van der Waals surface area (Å²) in [5.41, 5.74) is 1.65. The van der Waals surface area contributed by atoms with E-state index in [1.807, 2.05) is 27.1 Å². The highest BCUT2D eigenvalue weighted by Gasteiger charge is 2.33. The van der Waals surface area contributed by atoms with Gasteiger partial charge in [-0.25, -0.2) is 4.98 Å². The van der Waals surface area contributed by atoms with Gasteiger partial charge in [0.15, 0.2) is 0 Å². The zero-order valence-electron chi connectivity index (χ0n) is 14.0. The van der Waals surface area contributed by atoms with Crippen molar-refractivity contribution in [3.63, 3.8) is 0 Å². The lowest BCUT2D eigenvalue weighted by molar-refractivity contribution is -0.150. The normalized spacial score (nSPS) is 14.0. The summed E-state index contributed by atoms with van der Waals surface area (Å²) in [6.45, 7) is 12.1. The Morgan fingerprint density at radius 1 is 1.43 bits per heavy atom. The Balaban J connectivity index is 2.60. The largest absolute Gasteiger partial charge is 0.465 e. The summed E-state index contributed by atoms with van der Waals surface area (Å²) in [5.74, 6) is -0.156. The van der Waals surface area contributed by atoms with Gasteiger partial charge in [-0.05, 0) is 53.5 Å². The number of nitrogens with zero attached hydrogens (tertiary/aromatic N) is 2. The van der Waals surface area contributed by atoms with Gasteiger partial charge in [0.1, 0.15) is 5.54 Å². The van der Waals surface area contributed by atoms with E-state index >= 15 is 0 Å². The third-order valence-corrected chi connectivity index (χ3v) is 3.91. The van der Waals surface area contributed by atoms with Crippen molar-refractivity contribution in [3.8, 4) is 0 Å². The Labute approximate surface area is 128 Å². The molecule has 5 nitrogen and oxygen atoms in total. The molecule has 0 radical (unpaired) electrons. The Hall–Kier alpha value is -1.36. The number of ether oxygens (including phenoxy) is 1. The molecule has 1 unspecified atom stereocenters. The zero-order valence-corrected chi connectivity index (χ0v) is 14.0. The maximum absolute atomic E-state index is 12.2. The molecule has 0 aromatic carbocycles. The average Bonchev–Trinajstić information content (AvgIpc) is 2.77. The molecule has 0 fully saturated rings. The Morgan fingerprint density at radius 2 is 2.14 bits per heavy atom. The van der Waals surface area contributed by atoms with Crippen LogP contribution in [0.5, 0.6) is 0 Å². The third-order valence-electron chi connectivity index (χ3n) is 3.91. The number of rotatable bonds is 9. The molecule has 0 aliphatic heterocycles. The fourth-order valence-corrected chi connectivity index (χ4v) is 2.33. The van der Waals surface area contributed by atoms with Crippen LogP contribution < -0.4 is 5.32 Å². The summed E-state index contributed by atoms with van der Waals surface area (Å²) >= 11 is 0. The molecule has 1 rings (SSSR count). The third kappa shape index (κ3) is 4.84. The van der Waals surface area contributed by atoms with Gasteiger partial charge >= 0.3 is 5.97 Å². The molecule has 0 amide bonds. The summed E-state index contributed by atoms with van der Waals surface area (Å²) in [7, 11) is 0. The second kappa shape index (κ2) is 8.17. The predicted molar refractivity (Wildman–Crippen MR) is 84.3 cm³/mol. The Kier molecular flexibility index (Phi) is 6.89. The van der Waals surface area contributed by atoms with E-state index in [9.17, 15) is 4.79 Å². The first-order valence-electron chi connectivity index (χ1n) is 7.85. The van der Waals surface area contributed by atoms with E-state index in [0.29, 0.717) is 6.61 Å². The maximum Gasteiger partial charge on any atom is 0.326 e. The van der Waals surface area contributed by atoms with Gasteiger partial charge in [-0.1, -0.05) is 6.92 Å². The molecule has 0 aliphatic rings. The van der Waals surface area contributed by atoms with Crippen molar-refractivity contribution in [2.45, 2.75) is 66.0 Å². The number of aromatic nitrogens is 2. The molecule has 0 bridgehead atoms. The van der Waals surface area contributed by atoms with Gasteiger partial charge in [-0.15, -0.1) is 0 Å². The van der Waals surface area contributed by atoms with Crippen LogP contribution in [0.25, 0.3) is 0 Å². The van der Waals surface area contributed by atoms with Crippen LogP contribution in [0.1, 0.15) is 51.4 Å². The lowest BCUT2D eigenvalue weighted by atomic mass is 9.95. The lowest BCUT2D eigenvalue weighted by Gasteiger charge is -2.28. The molecule has 1 aromatic heterocycles. The number of nitrogens with one attached hydrogen (secondary N) is 1. The molecule has 1 N–H and O–H groups in total. The van der Waals surface area contributed by atoms with E-state index in [4.69, 9.17) is 4.74 Å². The minimum absolute atomic E-state index is 0.156. The number of hydrogen-bond acceptors (Lipinski definition) is 4. The summed E-state index contributed by atoms with van der Waals surface area (Å²) in [4.78, 5) is 16.5. The fraction of sp³-hybridized carbons (Fsp3) is 0.750. The van der Waals surface area contributed by atoms with E-state index in [0.717, 1.165) is 38.0 Å². The van der Waals surface area contributed by atoms with E-state index in [1.165, 1.54) is 5.69 Å². The van der Waals surface area contributed by atoms with Crippen molar-refractivity contribution in [3.05, 3.63) is 17.7 Å². The van der Waals surface area contributed by atoms with Crippen LogP contribution in [0.3, 0.4) is 0 Å². The van der Waals surface area contributed by atoms with Gasteiger partial charge in [0.25, 0.3) is 0 Å². The van der Waals surface area contributed by atoms with Gasteiger partial charge in [0, 0.05) is 12.2 Å². The minimum atomic E-state index is -0.602. The summed E-state index contributed by atoms with van der Waals surface area (Å²) in [6, 6.07) is 0. The second-order valence-corrected chi connectivity index (χ2v) is 5.69. The molecule has 0 aliphatic carbocycles. The van der Waals surface area contributed by atoms with Crippen LogP contribution >= 0.6 is 0 Å². The second-order valence-electron chi connectivity index (χ2n) is 5.69. The quantitative estimate of drug-likeness (QED) is 0.712. The van der Waals surface area contributed by atoms with Gasteiger partial charge in [-0.3, -0.25) is 4.79 Å². The molecule has 1 heterocycles. The Bertz CT molecular complexity index is 456. The SMILES string of the molecule is CCCNC(C)(CCCn1cnc(C)c1C)C(=O)OCC. The van der Waals surface area contributed by atoms with E-state index in [1.54, 1.807) is 0 Å². The number of imidazole rings is 1. The van der Waals surface area contributed by atoms with Crippen molar-refractivity contribution in [2.24, 2.45) is 0 Å². The number of carbonyl (C=O) groups is 1. The summed E-state index contributed by atoms with van der Waals surface area (Å²) < 4.78 is 7.35. The van der Waals surface area contributed by atoms with Gasteiger partial charge in [-0.2, -0.15) is 0 Å². The minimum Gasteiger partial charge on any atom is -0.465 e. The van der Waals surface area contributed by atoms with Crippen molar-refractivity contribution in [2.75, 3.05) is 13.2 Å². The van der Waals surface area contributed by atoms with Crippen LogP contribution in [-0.4, -0.2) is 34.2 Å².